The molecule has 21 heavy (non-hydrogen) atoms. The second-order valence-corrected chi connectivity index (χ2v) is 7.27. The van der Waals surface area contributed by atoms with Crippen LogP contribution in [0.5, 0.6) is 0 Å². The standard InChI is InChI=1S/C18H22FNS/c1-18(2,3)14-5-8-16(9-6-14)21-17-10-7-15(19)11-13(17)12-20-4/h5-11,20H,12H2,1-4H3. The van der Waals surface area contributed by atoms with Crippen LogP contribution in [0.3, 0.4) is 0 Å². The van der Waals surface area contributed by atoms with E-state index in [1.165, 1.54) is 16.5 Å². The lowest BCUT2D eigenvalue weighted by Gasteiger charge is -2.19. The molecule has 2 rings (SSSR count). The molecule has 2 aromatic carbocycles. The minimum Gasteiger partial charge on any atom is -0.316 e. The molecule has 0 atom stereocenters. The summed E-state index contributed by atoms with van der Waals surface area (Å²) in [6.45, 7) is 7.29. The molecule has 0 saturated carbocycles. The van der Waals surface area contributed by atoms with Crippen LogP contribution in [-0.2, 0) is 12.0 Å². The van der Waals surface area contributed by atoms with E-state index in [9.17, 15) is 4.39 Å². The van der Waals surface area contributed by atoms with Crippen molar-refractivity contribution >= 4 is 11.8 Å². The minimum atomic E-state index is -0.187. The van der Waals surface area contributed by atoms with Crippen molar-refractivity contribution in [3.63, 3.8) is 0 Å². The van der Waals surface area contributed by atoms with Gasteiger partial charge in [-0.15, -0.1) is 0 Å². The smallest absolute Gasteiger partial charge is 0.123 e. The highest BCUT2D eigenvalue weighted by atomic mass is 32.2. The lowest BCUT2D eigenvalue weighted by molar-refractivity contribution is 0.589. The molecular weight excluding hydrogens is 281 g/mol. The van der Waals surface area contributed by atoms with Gasteiger partial charge < -0.3 is 5.32 Å². The summed E-state index contributed by atoms with van der Waals surface area (Å²) in [6.07, 6.45) is 0. The van der Waals surface area contributed by atoms with Gasteiger partial charge in [0.25, 0.3) is 0 Å². The Morgan fingerprint density at radius 2 is 1.71 bits per heavy atom. The van der Waals surface area contributed by atoms with Gasteiger partial charge in [-0.05, 0) is 53.9 Å². The number of benzene rings is 2. The summed E-state index contributed by atoms with van der Waals surface area (Å²) in [7, 11) is 1.87. The molecular formula is C18H22FNS. The van der Waals surface area contributed by atoms with Crippen LogP contribution >= 0.6 is 11.8 Å². The van der Waals surface area contributed by atoms with Crippen LogP contribution in [0.15, 0.2) is 52.3 Å². The van der Waals surface area contributed by atoms with Gasteiger partial charge in [-0.25, -0.2) is 4.39 Å². The Labute approximate surface area is 131 Å². The van der Waals surface area contributed by atoms with Gasteiger partial charge in [-0.1, -0.05) is 44.7 Å². The average Bonchev–Trinajstić information content (AvgIpc) is 2.42. The van der Waals surface area contributed by atoms with Crippen LogP contribution in [0.25, 0.3) is 0 Å². The SMILES string of the molecule is CNCc1cc(F)ccc1Sc1ccc(C(C)(C)C)cc1. The molecule has 1 nitrogen and oxygen atoms in total. The number of hydrogen-bond donors (Lipinski definition) is 1. The molecule has 0 aliphatic rings. The first-order chi connectivity index (χ1) is 9.90. The maximum absolute atomic E-state index is 13.4. The zero-order chi connectivity index (χ0) is 15.5. The molecule has 3 heteroatoms. The summed E-state index contributed by atoms with van der Waals surface area (Å²) in [4.78, 5) is 2.27. The number of rotatable bonds is 4. The van der Waals surface area contributed by atoms with Crippen LogP contribution in [0.1, 0.15) is 31.9 Å². The lowest BCUT2D eigenvalue weighted by atomic mass is 9.87. The quantitative estimate of drug-likeness (QED) is 0.853. The second-order valence-electron chi connectivity index (χ2n) is 6.16. The Kier molecular flexibility index (Phi) is 5.07. The summed E-state index contributed by atoms with van der Waals surface area (Å²) >= 11 is 1.68. The third-order valence-electron chi connectivity index (χ3n) is 3.34. The third kappa shape index (κ3) is 4.32. The first-order valence-corrected chi connectivity index (χ1v) is 7.93. The van der Waals surface area contributed by atoms with Crippen LogP contribution in [0, 0.1) is 5.82 Å². The van der Waals surface area contributed by atoms with E-state index in [0.29, 0.717) is 6.54 Å². The fraction of sp³-hybridized carbons (Fsp3) is 0.333. The molecule has 112 valence electrons. The predicted molar refractivity (Wildman–Crippen MR) is 88.4 cm³/mol. The van der Waals surface area contributed by atoms with Gasteiger partial charge in [-0.3, -0.25) is 0 Å². The largest absolute Gasteiger partial charge is 0.316 e. The molecule has 0 bridgehead atoms. The van der Waals surface area contributed by atoms with E-state index in [-0.39, 0.29) is 11.2 Å². The first kappa shape index (κ1) is 16.1. The zero-order valence-corrected chi connectivity index (χ0v) is 13.9. The fourth-order valence-corrected chi connectivity index (χ4v) is 3.05. The average molecular weight is 303 g/mol. The van der Waals surface area contributed by atoms with Crippen molar-refractivity contribution in [1.29, 1.82) is 0 Å². The normalized spacial score (nSPS) is 11.7. The van der Waals surface area contributed by atoms with Gasteiger partial charge in [0, 0.05) is 16.3 Å². The highest BCUT2D eigenvalue weighted by molar-refractivity contribution is 7.99. The fourth-order valence-electron chi connectivity index (χ4n) is 2.13. The predicted octanol–water partition coefficient (Wildman–Crippen LogP) is 4.99. The van der Waals surface area contributed by atoms with Crippen molar-refractivity contribution in [1.82, 2.24) is 5.32 Å². The zero-order valence-electron chi connectivity index (χ0n) is 13.0. The van der Waals surface area contributed by atoms with Crippen LogP contribution in [0.4, 0.5) is 4.39 Å². The van der Waals surface area contributed by atoms with E-state index in [4.69, 9.17) is 0 Å². The van der Waals surface area contributed by atoms with Crippen molar-refractivity contribution in [3.8, 4) is 0 Å². The Hall–Kier alpha value is -1.32. The van der Waals surface area contributed by atoms with E-state index in [2.05, 4.69) is 50.4 Å². The maximum Gasteiger partial charge on any atom is 0.123 e. The van der Waals surface area contributed by atoms with E-state index in [0.717, 1.165) is 10.5 Å². The second kappa shape index (κ2) is 6.63. The van der Waals surface area contributed by atoms with Gasteiger partial charge in [0.05, 0.1) is 0 Å². The number of nitrogens with one attached hydrogen (secondary N) is 1. The Balaban J connectivity index is 2.22. The molecule has 0 radical (unpaired) electrons. The van der Waals surface area contributed by atoms with Gasteiger partial charge in [0.1, 0.15) is 5.82 Å². The molecule has 1 N–H and O–H groups in total. The van der Waals surface area contributed by atoms with Crippen LogP contribution in [0.2, 0.25) is 0 Å². The van der Waals surface area contributed by atoms with E-state index >= 15 is 0 Å². The lowest BCUT2D eigenvalue weighted by Crippen LogP contribution is -2.10. The van der Waals surface area contributed by atoms with Crippen molar-refractivity contribution in [2.75, 3.05) is 7.05 Å². The van der Waals surface area contributed by atoms with E-state index < -0.39 is 0 Å². The van der Waals surface area contributed by atoms with Crippen molar-refractivity contribution in [2.24, 2.45) is 0 Å². The van der Waals surface area contributed by atoms with Crippen molar-refractivity contribution in [3.05, 3.63) is 59.4 Å². The topological polar surface area (TPSA) is 12.0 Å². The van der Waals surface area contributed by atoms with E-state index in [1.54, 1.807) is 17.8 Å². The van der Waals surface area contributed by atoms with Crippen molar-refractivity contribution in [2.45, 2.75) is 42.5 Å². The highest BCUT2D eigenvalue weighted by Crippen LogP contribution is 2.32. The summed E-state index contributed by atoms with van der Waals surface area (Å²) in [6, 6.07) is 13.6. The van der Waals surface area contributed by atoms with Crippen molar-refractivity contribution < 1.29 is 4.39 Å². The molecule has 0 amide bonds. The Bertz CT molecular complexity index is 600. The number of hydrogen-bond acceptors (Lipinski definition) is 2. The van der Waals surface area contributed by atoms with Crippen LogP contribution < -0.4 is 5.32 Å². The molecule has 0 aliphatic heterocycles. The third-order valence-corrected chi connectivity index (χ3v) is 4.46. The summed E-state index contributed by atoms with van der Waals surface area (Å²) in [5.74, 6) is -0.187. The highest BCUT2D eigenvalue weighted by Gasteiger charge is 2.13. The first-order valence-electron chi connectivity index (χ1n) is 7.11. The molecule has 0 spiro atoms. The summed E-state index contributed by atoms with van der Waals surface area (Å²) in [5, 5.41) is 3.09. The maximum atomic E-state index is 13.4. The number of halogens is 1. The Morgan fingerprint density at radius 1 is 1.05 bits per heavy atom. The summed E-state index contributed by atoms with van der Waals surface area (Å²) in [5.41, 5.74) is 2.47. The summed E-state index contributed by atoms with van der Waals surface area (Å²) < 4.78 is 13.4. The van der Waals surface area contributed by atoms with Gasteiger partial charge in [0.15, 0.2) is 0 Å². The monoisotopic (exact) mass is 303 g/mol. The van der Waals surface area contributed by atoms with Gasteiger partial charge in [0.2, 0.25) is 0 Å². The molecule has 0 unspecified atom stereocenters. The molecule has 0 heterocycles. The molecule has 2 aromatic rings. The molecule has 0 aliphatic carbocycles. The van der Waals surface area contributed by atoms with E-state index in [1.807, 2.05) is 13.1 Å². The van der Waals surface area contributed by atoms with Gasteiger partial charge in [-0.2, -0.15) is 0 Å². The molecule has 0 fully saturated rings. The van der Waals surface area contributed by atoms with Crippen LogP contribution in [-0.4, -0.2) is 7.05 Å². The van der Waals surface area contributed by atoms with Gasteiger partial charge >= 0.3 is 0 Å². The minimum absolute atomic E-state index is 0.163. The molecule has 0 saturated heterocycles. The molecule has 0 aromatic heterocycles. The Morgan fingerprint density at radius 3 is 2.29 bits per heavy atom.